The number of ether oxygens (including phenoxy) is 1. The van der Waals surface area contributed by atoms with E-state index in [0.717, 1.165) is 25.7 Å². The van der Waals surface area contributed by atoms with Gasteiger partial charge in [-0.1, -0.05) is 13.3 Å². The maximum Gasteiger partial charge on any atom is 0.422 e. The van der Waals surface area contributed by atoms with E-state index >= 15 is 0 Å². The maximum absolute atomic E-state index is 11.9. The Labute approximate surface area is 98.9 Å². The number of carbonyl (C=O) groups excluding carboxylic acids is 1. The van der Waals surface area contributed by atoms with Crippen molar-refractivity contribution in [3.05, 3.63) is 0 Å². The zero-order chi connectivity index (χ0) is 12.9. The van der Waals surface area contributed by atoms with Crippen LogP contribution in [0.5, 0.6) is 0 Å². The van der Waals surface area contributed by atoms with Crippen LogP contribution >= 0.6 is 0 Å². The van der Waals surface area contributed by atoms with E-state index in [1.807, 2.05) is 0 Å². The van der Waals surface area contributed by atoms with Crippen molar-refractivity contribution in [1.82, 2.24) is 4.90 Å². The molecule has 1 saturated heterocycles. The summed E-state index contributed by atoms with van der Waals surface area (Å²) in [5.41, 5.74) is 0. The summed E-state index contributed by atoms with van der Waals surface area (Å²) in [7, 11) is 0. The normalized spacial score (nSPS) is 22.1. The van der Waals surface area contributed by atoms with E-state index in [9.17, 15) is 18.0 Å². The number of alkyl halides is 3. The van der Waals surface area contributed by atoms with Gasteiger partial charge in [-0.25, -0.2) is 4.79 Å². The molecule has 1 fully saturated rings. The first-order valence-corrected chi connectivity index (χ1v) is 5.91. The minimum atomic E-state index is -4.45. The lowest BCUT2D eigenvalue weighted by Crippen LogP contribution is -2.34. The Morgan fingerprint density at radius 3 is 2.65 bits per heavy atom. The molecular formula is C11H18F3NO2. The van der Waals surface area contributed by atoms with Crippen LogP contribution in [0.4, 0.5) is 18.0 Å². The van der Waals surface area contributed by atoms with Crippen molar-refractivity contribution < 1.29 is 22.7 Å². The SMILES string of the molecule is CCC1CCCN(C(=O)OCC(F)(F)F)CC1. The van der Waals surface area contributed by atoms with Crippen LogP contribution in [0.25, 0.3) is 0 Å². The van der Waals surface area contributed by atoms with Gasteiger partial charge in [-0.15, -0.1) is 0 Å². The number of halogens is 3. The third-order valence-corrected chi connectivity index (χ3v) is 3.04. The molecule has 100 valence electrons. The van der Waals surface area contributed by atoms with Gasteiger partial charge in [0, 0.05) is 13.1 Å². The average Bonchev–Trinajstić information content (AvgIpc) is 2.49. The molecule has 1 atom stereocenters. The van der Waals surface area contributed by atoms with Gasteiger partial charge in [0.1, 0.15) is 0 Å². The lowest BCUT2D eigenvalue weighted by Gasteiger charge is -2.20. The molecule has 0 N–H and O–H groups in total. The minimum Gasteiger partial charge on any atom is -0.440 e. The molecule has 0 aliphatic carbocycles. The highest BCUT2D eigenvalue weighted by atomic mass is 19.4. The number of amides is 1. The van der Waals surface area contributed by atoms with E-state index in [4.69, 9.17) is 0 Å². The largest absolute Gasteiger partial charge is 0.440 e. The molecule has 1 rings (SSSR count). The molecule has 0 aromatic rings. The Balaban J connectivity index is 2.36. The molecule has 17 heavy (non-hydrogen) atoms. The molecule has 0 saturated carbocycles. The summed E-state index contributed by atoms with van der Waals surface area (Å²) in [5, 5.41) is 0. The van der Waals surface area contributed by atoms with Crippen molar-refractivity contribution in [1.29, 1.82) is 0 Å². The van der Waals surface area contributed by atoms with E-state index in [0.29, 0.717) is 19.0 Å². The van der Waals surface area contributed by atoms with Gasteiger partial charge in [0.2, 0.25) is 0 Å². The number of likely N-dealkylation sites (tertiary alicyclic amines) is 1. The average molecular weight is 253 g/mol. The van der Waals surface area contributed by atoms with E-state index < -0.39 is 18.9 Å². The molecule has 0 aromatic heterocycles. The van der Waals surface area contributed by atoms with Gasteiger partial charge in [0.25, 0.3) is 0 Å². The first-order chi connectivity index (χ1) is 7.92. The van der Waals surface area contributed by atoms with Crippen LogP contribution < -0.4 is 0 Å². The quantitative estimate of drug-likeness (QED) is 0.756. The molecule has 6 heteroatoms. The number of nitrogens with zero attached hydrogens (tertiary/aromatic N) is 1. The van der Waals surface area contributed by atoms with Crippen molar-refractivity contribution >= 4 is 6.09 Å². The number of hydrogen-bond acceptors (Lipinski definition) is 2. The standard InChI is InChI=1S/C11H18F3NO2/c1-2-9-4-3-6-15(7-5-9)10(16)17-8-11(12,13)14/h9H,2-8H2,1H3. The zero-order valence-corrected chi connectivity index (χ0v) is 9.92. The van der Waals surface area contributed by atoms with E-state index in [1.165, 1.54) is 4.90 Å². The molecule has 1 heterocycles. The van der Waals surface area contributed by atoms with Crippen LogP contribution in [-0.2, 0) is 4.74 Å². The number of rotatable bonds is 2. The van der Waals surface area contributed by atoms with Crippen LogP contribution in [0.3, 0.4) is 0 Å². The van der Waals surface area contributed by atoms with E-state index in [-0.39, 0.29) is 0 Å². The second kappa shape index (κ2) is 6.12. The van der Waals surface area contributed by atoms with Crippen molar-refractivity contribution in [2.75, 3.05) is 19.7 Å². The van der Waals surface area contributed by atoms with Crippen molar-refractivity contribution in [2.24, 2.45) is 5.92 Å². The third kappa shape index (κ3) is 5.28. The van der Waals surface area contributed by atoms with Crippen LogP contribution in [0.1, 0.15) is 32.6 Å². The van der Waals surface area contributed by atoms with E-state index in [2.05, 4.69) is 11.7 Å². The van der Waals surface area contributed by atoms with Gasteiger partial charge in [-0.2, -0.15) is 13.2 Å². The summed E-state index contributed by atoms with van der Waals surface area (Å²) in [5.74, 6) is 0.565. The summed E-state index contributed by atoms with van der Waals surface area (Å²) in [4.78, 5) is 12.8. The van der Waals surface area contributed by atoms with Crippen LogP contribution in [0.15, 0.2) is 0 Å². The first-order valence-electron chi connectivity index (χ1n) is 5.91. The Kier molecular flexibility index (Phi) is 5.08. The zero-order valence-electron chi connectivity index (χ0n) is 9.92. The Morgan fingerprint density at radius 2 is 2.06 bits per heavy atom. The van der Waals surface area contributed by atoms with Crippen LogP contribution in [0, 0.1) is 5.92 Å². The molecule has 1 unspecified atom stereocenters. The Morgan fingerprint density at radius 1 is 1.35 bits per heavy atom. The smallest absolute Gasteiger partial charge is 0.422 e. The molecule has 1 amide bonds. The second-order valence-corrected chi connectivity index (χ2v) is 4.36. The topological polar surface area (TPSA) is 29.5 Å². The fraction of sp³-hybridized carbons (Fsp3) is 0.909. The lowest BCUT2D eigenvalue weighted by atomic mass is 9.98. The summed E-state index contributed by atoms with van der Waals surface area (Å²) in [6, 6.07) is 0. The minimum absolute atomic E-state index is 0.493. The van der Waals surface area contributed by atoms with Gasteiger partial charge in [-0.3, -0.25) is 0 Å². The van der Waals surface area contributed by atoms with Gasteiger partial charge in [0.15, 0.2) is 6.61 Å². The Hall–Kier alpha value is -0.940. The van der Waals surface area contributed by atoms with Crippen molar-refractivity contribution in [3.8, 4) is 0 Å². The van der Waals surface area contributed by atoms with Gasteiger partial charge >= 0.3 is 12.3 Å². The van der Waals surface area contributed by atoms with Gasteiger partial charge in [0.05, 0.1) is 0 Å². The molecule has 1 aliphatic rings. The fourth-order valence-corrected chi connectivity index (χ4v) is 1.99. The number of hydrogen-bond donors (Lipinski definition) is 0. The van der Waals surface area contributed by atoms with Crippen LogP contribution in [0.2, 0.25) is 0 Å². The molecular weight excluding hydrogens is 235 g/mol. The van der Waals surface area contributed by atoms with Gasteiger partial charge in [-0.05, 0) is 25.2 Å². The third-order valence-electron chi connectivity index (χ3n) is 3.04. The van der Waals surface area contributed by atoms with E-state index in [1.54, 1.807) is 0 Å². The highest BCUT2D eigenvalue weighted by Crippen LogP contribution is 2.21. The summed E-state index contributed by atoms with van der Waals surface area (Å²) < 4.78 is 39.9. The highest BCUT2D eigenvalue weighted by molar-refractivity contribution is 5.67. The molecule has 0 aromatic carbocycles. The predicted molar refractivity (Wildman–Crippen MR) is 56.6 cm³/mol. The fourth-order valence-electron chi connectivity index (χ4n) is 1.99. The monoisotopic (exact) mass is 253 g/mol. The molecule has 1 aliphatic heterocycles. The van der Waals surface area contributed by atoms with Crippen LogP contribution in [-0.4, -0.2) is 36.9 Å². The van der Waals surface area contributed by atoms with Gasteiger partial charge < -0.3 is 9.64 Å². The highest BCUT2D eigenvalue weighted by Gasteiger charge is 2.31. The predicted octanol–water partition coefficient (Wildman–Crippen LogP) is 3.20. The lowest BCUT2D eigenvalue weighted by molar-refractivity contribution is -0.162. The first kappa shape index (κ1) is 14.1. The molecule has 3 nitrogen and oxygen atoms in total. The summed E-state index contributed by atoms with van der Waals surface area (Å²) in [6.45, 7) is 1.57. The number of carbonyl (C=O) groups is 1. The second-order valence-electron chi connectivity index (χ2n) is 4.36. The molecule has 0 bridgehead atoms. The summed E-state index contributed by atoms with van der Waals surface area (Å²) in [6.07, 6.45) is -1.55. The van der Waals surface area contributed by atoms with Crippen molar-refractivity contribution in [3.63, 3.8) is 0 Å². The summed E-state index contributed by atoms with van der Waals surface area (Å²) >= 11 is 0. The van der Waals surface area contributed by atoms with Crippen molar-refractivity contribution in [2.45, 2.75) is 38.8 Å². The molecule has 0 spiro atoms. The Bertz CT molecular complexity index is 256. The maximum atomic E-state index is 11.9. The molecule has 0 radical (unpaired) electrons.